The van der Waals surface area contributed by atoms with Crippen molar-refractivity contribution in [2.24, 2.45) is 27.6 Å². The quantitative estimate of drug-likeness (QED) is 0.0737. The van der Waals surface area contributed by atoms with Gasteiger partial charge >= 0.3 is 11.9 Å². The van der Waals surface area contributed by atoms with Gasteiger partial charge in [0.1, 0.15) is 34.8 Å². The molecule has 1 fully saturated rings. The van der Waals surface area contributed by atoms with Crippen LogP contribution in [0.25, 0.3) is 0 Å². The number of anilines is 1. The number of nitrogens with two attached hydrogens (primary N) is 3. The molecule has 17 nitrogen and oxygen atoms in total. The maximum Gasteiger partial charge on any atom is 0.352 e. The number of thioether (sulfide) groups is 2. The molecule has 220 valence electrons. The highest BCUT2D eigenvalue weighted by Crippen LogP contribution is 2.41. The number of amidine groups is 2. The Morgan fingerprint density at radius 3 is 2.71 bits per heavy atom. The number of aliphatic carboxylic acids is 2. The molecule has 4 rings (SSSR count). The van der Waals surface area contributed by atoms with Crippen LogP contribution in [0.15, 0.2) is 26.8 Å². The van der Waals surface area contributed by atoms with E-state index in [1.807, 2.05) is 0 Å². The Bertz CT molecular complexity index is 1400. The number of fused-ring (bicyclic) bond motifs is 1. The number of carbonyl (C=O) groups is 4. The third kappa shape index (κ3) is 6.00. The van der Waals surface area contributed by atoms with Crippen LogP contribution in [0.5, 0.6) is 0 Å². The van der Waals surface area contributed by atoms with Crippen molar-refractivity contribution in [3.05, 3.63) is 22.3 Å². The molecule has 4 heterocycles. The monoisotopic (exact) mass is 626 g/mol. The molecule has 20 heteroatoms. The average Bonchev–Trinajstić information content (AvgIpc) is 3.36. The van der Waals surface area contributed by atoms with E-state index in [2.05, 4.69) is 20.4 Å². The molecule has 1 aromatic rings. The van der Waals surface area contributed by atoms with Gasteiger partial charge in [-0.3, -0.25) is 24.9 Å². The number of aliphatic imine (C=N–C) groups is 1. The lowest BCUT2D eigenvalue weighted by Gasteiger charge is -2.49. The van der Waals surface area contributed by atoms with E-state index in [9.17, 15) is 24.3 Å². The molecule has 0 spiro atoms. The van der Waals surface area contributed by atoms with E-state index < -0.39 is 53.2 Å². The number of carbonyl (C=O) groups excluding carboxylic acids is 2. The molecule has 10 N–H and O–H groups in total. The first kappa shape index (κ1) is 30.2. The Hall–Kier alpha value is -3.72. The first-order chi connectivity index (χ1) is 19.3. The number of rotatable bonds is 9. The Balaban J connectivity index is 1.50. The molecule has 0 bridgehead atoms. The number of carboxylic acids is 2. The zero-order valence-electron chi connectivity index (χ0n) is 21.5. The van der Waals surface area contributed by atoms with Crippen molar-refractivity contribution in [1.82, 2.24) is 20.2 Å². The van der Waals surface area contributed by atoms with Crippen molar-refractivity contribution < 1.29 is 34.2 Å². The van der Waals surface area contributed by atoms with Crippen LogP contribution >= 0.6 is 34.9 Å². The zero-order chi connectivity index (χ0) is 30.2. The maximum absolute atomic E-state index is 13.1. The van der Waals surface area contributed by atoms with Gasteiger partial charge in [0, 0.05) is 16.9 Å². The minimum atomic E-state index is -1.38. The van der Waals surface area contributed by atoms with E-state index in [0.29, 0.717) is 5.57 Å². The van der Waals surface area contributed by atoms with Crippen molar-refractivity contribution >= 4 is 80.5 Å². The van der Waals surface area contributed by atoms with Crippen molar-refractivity contribution in [1.29, 1.82) is 5.41 Å². The van der Waals surface area contributed by atoms with Crippen molar-refractivity contribution in [3.8, 4) is 0 Å². The number of oxime groups is 1. The number of nitrogens with one attached hydrogen (secondary N) is 2. The highest BCUT2D eigenvalue weighted by molar-refractivity contribution is 8.14. The van der Waals surface area contributed by atoms with E-state index in [4.69, 9.17) is 32.7 Å². The number of thiazole rings is 1. The summed E-state index contributed by atoms with van der Waals surface area (Å²) < 4.78 is 0. The maximum atomic E-state index is 13.1. The molecule has 0 radical (unpaired) electrons. The number of hydrogen-bond acceptors (Lipinski definition) is 15. The minimum absolute atomic E-state index is 0.00900. The summed E-state index contributed by atoms with van der Waals surface area (Å²) in [6.45, 7) is 2.93. The molecule has 41 heavy (non-hydrogen) atoms. The van der Waals surface area contributed by atoms with Crippen LogP contribution in [0.3, 0.4) is 0 Å². The summed E-state index contributed by atoms with van der Waals surface area (Å²) in [5.41, 5.74) is 11.5. The Morgan fingerprint density at radius 1 is 1.39 bits per heavy atom. The van der Waals surface area contributed by atoms with Gasteiger partial charge in [0.2, 0.25) is 6.10 Å². The van der Waals surface area contributed by atoms with Crippen LogP contribution in [0.2, 0.25) is 0 Å². The fraction of sp³-hybridized carbons (Fsp3) is 0.429. The van der Waals surface area contributed by atoms with E-state index >= 15 is 0 Å². The molecular formula is C21H26N10O7S3. The fourth-order valence-electron chi connectivity index (χ4n) is 3.83. The predicted octanol–water partition coefficient (Wildman–Crippen LogP) is -1.17. The van der Waals surface area contributed by atoms with Crippen molar-refractivity contribution in [2.75, 3.05) is 17.2 Å². The SMILES string of the molecule is CC1C(=N)N=C(SCC2=C(C(=O)O)N3C(=O)C(NC(=O)C(=NO[C@H](C)C(=O)O)c4csc(N)n4)[C@@H]3SC2)N(N)C1N. The van der Waals surface area contributed by atoms with Crippen molar-refractivity contribution in [2.45, 2.75) is 37.5 Å². The number of amides is 2. The van der Waals surface area contributed by atoms with Gasteiger partial charge < -0.3 is 31.8 Å². The molecule has 0 aromatic carbocycles. The van der Waals surface area contributed by atoms with Gasteiger partial charge in [-0.15, -0.1) is 23.1 Å². The van der Waals surface area contributed by atoms with E-state index in [1.54, 1.807) is 6.92 Å². The molecular weight excluding hydrogens is 600 g/mol. The second kappa shape index (κ2) is 12.0. The van der Waals surface area contributed by atoms with Crippen LogP contribution in [-0.2, 0) is 24.0 Å². The van der Waals surface area contributed by atoms with Gasteiger partial charge in [0.15, 0.2) is 16.0 Å². The van der Waals surface area contributed by atoms with Gasteiger partial charge in [-0.05, 0) is 12.5 Å². The summed E-state index contributed by atoms with van der Waals surface area (Å²) in [5, 5.41) is 35.4. The number of nitrogen functional groups attached to an aromatic ring is 1. The number of hydrazine groups is 1. The van der Waals surface area contributed by atoms with Gasteiger partial charge in [-0.25, -0.2) is 25.4 Å². The van der Waals surface area contributed by atoms with Gasteiger partial charge in [0.25, 0.3) is 11.8 Å². The molecule has 0 aliphatic carbocycles. The second-order valence-corrected chi connectivity index (χ2v) is 11.9. The number of aromatic nitrogens is 1. The summed E-state index contributed by atoms with van der Waals surface area (Å²) in [6.07, 6.45) is -2.05. The molecule has 1 aromatic heterocycles. The van der Waals surface area contributed by atoms with Crippen LogP contribution < -0.4 is 22.6 Å². The normalized spacial score (nSPS) is 25.3. The summed E-state index contributed by atoms with van der Waals surface area (Å²) >= 11 is 3.35. The van der Waals surface area contributed by atoms with Gasteiger partial charge in [-0.1, -0.05) is 23.8 Å². The van der Waals surface area contributed by atoms with E-state index in [0.717, 1.165) is 28.0 Å². The minimum Gasteiger partial charge on any atom is -0.478 e. The van der Waals surface area contributed by atoms with Gasteiger partial charge in [0.05, 0.1) is 5.92 Å². The van der Waals surface area contributed by atoms with E-state index in [1.165, 1.54) is 29.1 Å². The molecule has 3 aliphatic rings. The number of β-lactam (4-membered cyclic amide) rings is 1. The summed E-state index contributed by atoms with van der Waals surface area (Å²) in [6, 6.07) is -1.10. The van der Waals surface area contributed by atoms with Crippen LogP contribution in [-0.4, -0.2) is 101 Å². The summed E-state index contributed by atoms with van der Waals surface area (Å²) in [7, 11) is 0. The van der Waals surface area contributed by atoms with Crippen molar-refractivity contribution in [3.63, 3.8) is 0 Å². The third-order valence-corrected chi connectivity index (χ3v) is 9.31. The Kier molecular flexibility index (Phi) is 8.87. The lowest BCUT2D eigenvalue weighted by atomic mass is 10.0. The average molecular weight is 627 g/mol. The molecule has 3 unspecified atom stereocenters. The highest BCUT2D eigenvalue weighted by atomic mass is 32.2. The summed E-state index contributed by atoms with van der Waals surface area (Å²) in [4.78, 5) is 63.6. The first-order valence-electron chi connectivity index (χ1n) is 11.8. The number of nitrogens with zero attached hydrogens (tertiary/aromatic N) is 5. The zero-order valence-corrected chi connectivity index (χ0v) is 24.0. The Morgan fingerprint density at radius 2 is 2.10 bits per heavy atom. The second-order valence-electron chi connectivity index (χ2n) is 8.97. The highest BCUT2D eigenvalue weighted by Gasteiger charge is 2.54. The first-order valence-corrected chi connectivity index (χ1v) is 14.7. The fourth-order valence-corrected chi connectivity index (χ4v) is 6.83. The number of carboxylic acid groups (broad SMARTS) is 2. The van der Waals surface area contributed by atoms with Crippen LogP contribution in [0, 0.1) is 11.3 Å². The molecule has 2 amide bonds. The smallest absolute Gasteiger partial charge is 0.352 e. The van der Waals surface area contributed by atoms with Crippen LogP contribution in [0.1, 0.15) is 19.5 Å². The van der Waals surface area contributed by atoms with Gasteiger partial charge in [-0.2, -0.15) is 0 Å². The largest absolute Gasteiger partial charge is 0.478 e. The lowest BCUT2D eigenvalue weighted by Crippen LogP contribution is -2.71. The van der Waals surface area contributed by atoms with E-state index in [-0.39, 0.29) is 44.9 Å². The third-order valence-electron chi connectivity index (χ3n) is 6.24. The number of hydrogen-bond donors (Lipinski definition) is 7. The lowest BCUT2D eigenvalue weighted by molar-refractivity contribution is -0.150. The predicted molar refractivity (Wildman–Crippen MR) is 152 cm³/mol. The summed E-state index contributed by atoms with van der Waals surface area (Å²) in [5.74, 6) is 1.81. The standard InChI is InChI=1S/C21H26N10O7S3/c1-6-13(22)28-21(31(25)14(6)23)41-4-8-3-39-17-11(16(33)30(17)12(8)19(36)37)27-15(32)10(9-5-40-20(24)26-9)29-38-7(2)18(34)35/h5-7,11,14,17,22H,3-4,23,25H2,1-2H3,(H2,24,26)(H,27,32)(H,34,35)(H,36,37)/t6?,7-,11?,14?,17+/m1/s1. The topological polar surface area (TPSA) is 276 Å². The van der Waals surface area contributed by atoms with Crippen LogP contribution in [0.4, 0.5) is 5.13 Å². The molecule has 3 aliphatic heterocycles. The Labute approximate surface area is 244 Å². The molecule has 1 saturated heterocycles. The molecule has 0 saturated carbocycles. The molecule has 5 atom stereocenters.